The van der Waals surface area contributed by atoms with Gasteiger partial charge in [-0.3, -0.25) is 4.79 Å². The van der Waals surface area contributed by atoms with E-state index in [9.17, 15) is 17.6 Å². The second kappa shape index (κ2) is 4.33. The molecule has 0 aliphatic rings. The number of carbonyl (C=O) groups is 1. The molecule has 88 valence electrons. The number of Topliss-reactive ketones (excluding diaryl/α,β-unsaturated/α-hetero) is 1. The molecule has 0 atom stereocenters. The maximum Gasteiger partial charge on any atom is 0.175 e. The van der Waals surface area contributed by atoms with E-state index in [2.05, 4.69) is 0 Å². The lowest BCUT2D eigenvalue weighted by molar-refractivity contribution is -0.116. The quantitative estimate of drug-likeness (QED) is 0.760. The summed E-state index contributed by atoms with van der Waals surface area (Å²) in [4.78, 5) is 11.0. The first-order valence-electron chi connectivity index (χ1n) is 4.70. The molecule has 5 heteroatoms. The monoisotopic (exact) mass is 244 g/mol. The van der Waals surface area contributed by atoms with E-state index in [0.29, 0.717) is 5.56 Å². The Hall–Kier alpha value is -1.23. The molecule has 1 aromatic carbocycles. The molecule has 0 spiro atoms. The fraction of sp³-hybridized carbons (Fsp3) is 0.364. The van der Waals surface area contributed by atoms with Gasteiger partial charge in [0.15, 0.2) is 9.84 Å². The van der Waals surface area contributed by atoms with Crippen molar-refractivity contribution in [1.82, 2.24) is 0 Å². The fourth-order valence-corrected chi connectivity index (χ4v) is 2.50. The minimum atomic E-state index is -3.39. The van der Waals surface area contributed by atoms with E-state index in [1.165, 1.54) is 19.9 Å². The molecule has 0 aliphatic heterocycles. The second-order valence-corrected chi connectivity index (χ2v) is 5.84. The van der Waals surface area contributed by atoms with E-state index < -0.39 is 15.7 Å². The Kier molecular flexibility index (Phi) is 3.48. The Balaban J connectivity index is 3.38. The Bertz CT molecular complexity index is 532. The van der Waals surface area contributed by atoms with Crippen LogP contribution < -0.4 is 0 Å². The maximum absolute atomic E-state index is 13.4. The molecule has 1 aromatic rings. The van der Waals surface area contributed by atoms with Crippen molar-refractivity contribution in [2.24, 2.45) is 0 Å². The van der Waals surface area contributed by atoms with Crippen molar-refractivity contribution in [3.63, 3.8) is 0 Å². The molecule has 0 aromatic heterocycles. The number of rotatable bonds is 3. The maximum atomic E-state index is 13.4. The number of halogens is 1. The molecule has 0 amide bonds. The SMILES string of the molecule is CC(=O)Cc1cc(S(C)(=O)=O)c(C)cc1F. The third-order valence-corrected chi connectivity index (χ3v) is 3.42. The highest BCUT2D eigenvalue weighted by atomic mass is 32.2. The molecule has 0 aliphatic carbocycles. The van der Waals surface area contributed by atoms with Gasteiger partial charge in [0.2, 0.25) is 0 Å². The van der Waals surface area contributed by atoms with Gasteiger partial charge >= 0.3 is 0 Å². The minimum absolute atomic E-state index is 0.0742. The molecule has 0 saturated heterocycles. The van der Waals surface area contributed by atoms with Crippen molar-refractivity contribution in [2.45, 2.75) is 25.2 Å². The zero-order chi connectivity index (χ0) is 12.5. The van der Waals surface area contributed by atoms with Crippen molar-refractivity contribution < 1.29 is 17.6 Å². The van der Waals surface area contributed by atoms with E-state index in [1.807, 2.05) is 0 Å². The van der Waals surface area contributed by atoms with Crippen LogP contribution in [0.5, 0.6) is 0 Å². The summed E-state index contributed by atoms with van der Waals surface area (Å²) >= 11 is 0. The van der Waals surface area contributed by atoms with Crippen LogP contribution in [0.15, 0.2) is 17.0 Å². The number of hydrogen-bond donors (Lipinski definition) is 0. The Morgan fingerprint density at radius 1 is 1.38 bits per heavy atom. The third-order valence-electron chi connectivity index (χ3n) is 2.18. The number of aryl methyl sites for hydroxylation is 1. The molecule has 0 bridgehead atoms. The summed E-state index contributed by atoms with van der Waals surface area (Å²) < 4.78 is 36.2. The van der Waals surface area contributed by atoms with Crippen molar-refractivity contribution in [1.29, 1.82) is 0 Å². The van der Waals surface area contributed by atoms with E-state index in [-0.39, 0.29) is 22.7 Å². The van der Waals surface area contributed by atoms with Crippen LogP contribution >= 0.6 is 0 Å². The molecule has 3 nitrogen and oxygen atoms in total. The molecule has 0 N–H and O–H groups in total. The molecule has 0 radical (unpaired) electrons. The highest BCUT2D eigenvalue weighted by Gasteiger charge is 2.15. The second-order valence-electron chi connectivity index (χ2n) is 3.86. The smallest absolute Gasteiger partial charge is 0.175 e. The van der Waals surface area contributed by atoms with E-state index in [1.54, 1.807) is 0 Å². The zero-order valence-corrected chi connectivity index (χ0v) is 10.2. The Labute approximate surface area is 94.2 Å². The lowest BCUT2D eigenvalue weighted by Crippen LogP contribution is -2.06. The predicted octanol–water partition coefficient (Wildman–Crippen LogP) is 1.67. The van der Waals surface area contributed by atoms with Gasteiger partial charge in [-0.25, -0.2) is 12.8 Å². The minimum Gasteiger partial charge on any atom is -0.300 e. The average molecular weight is 244 g/mol. The standard InChI is InChI=1S/C11H13FO3S/c1-7-4-10(12)9(5-8(2)13)6-11(7)16(3,14)15/h4,6H,5H2,1-3H3. The summed E-state index contributed by atoms with van der Waals surface area (Å²) in [6.07, 6.45) is 0.972. The van der Waals surface area contributed by atoms with Crippen molar-refractivity contribution >= 4 is 15.6 Å². The molecule has 0 heterocycles. The van der Waals surface area contributed by atoms with Gasteiger partial charge in [-0.1, -0.05) is 0 Å². The number of benzene rings is 1. The highest BCUT2D eigenvalue weighted by molar-refractivity contribution is 7.90. The summed E-state index contributed by atoms with van der Waals surface area (Å²) in [5.41, 5.74) is 0.478. The summed E-state index contributed by atoms with van der Waals surface area (Å²) in [6.45, 7) is 2.86. The van der Waals surface area contributed by atoms with Crippen LogP contribution in [0.25, 0.3) is 0 Å². The summed E-state index contributed by atoms with van der Waals surface area (Å²) in [6, 6.07) is 2.38. The van der Waals surface area contributed by atoms with Gasteiger partial charge < -0.3 is 0 Å². The number of sulfone groups is 1. The van der Waals surface area contributed by atoms with Crippen LogP contribution in [0.2, 0.25) is 0 Å². The number of ketones is 1. The van der Waals surface area contributed by atoms with Crippen LogP contribution in [0.4, 0.5) is 4.39 Å². The van der Waals surface area contributed by atoms with Gasteiger partial charge in [-0.2, -0.15) is 0 Å². The molecular weight excluding hydrogens is 231 g/mol. The molecule has 0 unspecified atom stereocenters. The van der Waals surface area contributed by atoms with E-state index in [4.69, 9.17) is 0 Å². The summed E-state index contributed by atoms with van der Waals surface area (Å²) in [7, 11) is -3.39. The topological polar surface area (TPSA) is 51.2 Å². The van der Waals surface area contributed by atoms with Crippen LogP contribution in [0.1, 0.15) is 18.1 Å². The van der Waals surface area contributed by atoms with Crippen molar-refractivity contribution in [3.05, 3.63) is 29.1 Å². The fourth-order valence-electron chi connectivity index (χ4n) is 1.50. The van der Waals surface area contributed by atoms with Crippen LogP contribution in [-0.4, -0.2) is 20.5 Å². The lowest BCUT2D eigenvalue weighted by Gasteiger charge is -2.07. The molecule has 0 fully saturated rings. The summed E-state index contributed by atoms with van der Waals surface area (Å²) in [5.74, 6) is -0.748. The largest absolute Gasteiger partial charge is 0.300 e. The van der Waals surface area contributed by atoms with Crippen LogP contribution in [-0.2, 0) is 21.1 Å². The lowest BCUT2D eigenvalue weighted by atomic mass is 10.1. The predicted molar refractivity (Wildman–Crippen MR) is 58.6 cm³/mol. The average Bonchev–Trinajstić information content (AvgIpc) is 2.06. The van der Waals surface area contributed by atoms with Gasteiger partial charge in [0, 0.05) is 12.7 Å². The highest BCUT2D eigenvalue weighted by Crippen LogP contribution is 2.20. The van der Waals surface area contributed by atoms with Gasteiger partial charge in [0.05, 0.1) is 4.90 Å². The van der Waals surface area contributed by atoms with Gasteiger partial charge in [0.25, 0.3) is 0 Å². The first-order valence-corrected chi connectivity index (χ1v) is 6.59. The molecule has 0 saturated carbocycles. The van der Waals surface area contributed by atoms with Crippen LogP contribution in [0, 0.1) is 12.7 Å². The van der Waals surface area contributed by atoms with Gasteiger partial charge in [-0.15, -0.1) is 0 Å². The Morgan fingerprint density at radius 2 is 1.94 bits per heavy atom. The summed E-state index contributed by atoms with van der Waals surface area (Å²) in [5, 5.41) is 0. The first-order chi connectivity index (χ1) is 7.21. The van der Waals surface area contributed by atoms with E-state index >= 15 is 0 Å². The molecular formula is C11H13FO3S. The first kappa shape index (κ1) is 12.8. The normalized spacial score (nSPS) is 11.5. The molecule has 16 heavy (non-hydrogen) atoms. The Morgan fingerprint density at radius 3 is 2.38 bits per heavy atom. The molecule has 1 rings (SSSR count). The zero-order valence-electron chi connectivity index (χ0n) is 9.37. The van der Waals surface area contributed by atoms with Crippen molar-refractivity contribution in [2.75, 3.05) is 6.26 Å². The van der Waals surface area contributed by atoms with Gasteiger partial charge in [0.1, 0.15) is 11.6 Å². The van der Waals surface area contributed by atoms with Crippen molar-refractivity contribution in [3.8, 4) is 0 Å². The number of carbonyl (C=O) groups excluding carboxylic acids is 1. The van der Waals surface area contributed by atoms with Crippen LogP contribution in [0.3, 0.4) is 0 Å². The third kappa shape index (κ3) is 2.88. The van der Waals surface area contributed by atoms with E-state index in [0.717, 1.165) is 12.3 Å². The van der Waals surface area contributed by atoms with Gasteiger partial charge in [-0.05, 0) is 37.1 Å². The number of hydrogen-bond acceptors (Lipinski definition) is 3.